The van der Waals surface area contributed by atoms with E-state index in [0.717, 1.165) is 56.7 Å². The van der Waals surface area contributed by atoms with Gasteiger partial charge in [-0.3, -0.25) is 0 Å². The van der Waals surface area contributed by atoms with Crippen molar-refractivity contribution in [3.8, 4) is 6.07 Å². The number of carbonyl (C=O) groups is 1. The number of pyridine rings is 1. The van der Waals surface area contributed by atoms with Crippen molar-refractivity contribution in [1.29, 1.82) is 5.26 Å². The van der Waals surface area contributed by atoms with E-state index in [0.29, 0.717) is 12.1 Å². The van der Waals surface area contributed by atoms with Gasteiger partial charge in [-0.2, -0.15) is 5.26 Å². The molecule has 2 saturated heterocycles. The van der Waals surface area contributed by atoms with Crippen LogP contribution >= 0.6 is 0 Å². The molecule has 1 spiro atoms. The quantitative estimate of drug-likeness (QED) is 0.786. The highest BCUT2D eigenvalue weighted by atomic mass is 16.6. The van der Waals surface area contributed by atoms with Crippen LogP contribution in [0.1, 0.15) is 48.9 Å². The van der Waals surface area contributed by atoms with Crippen molar-refractivity contribution in [3.05, 3.63) is 22.9 Å². The lowest BCUT2D eigenvalue weighted by atomic mass is 9.94. The lowest BCUT2D eigenvalue weighted by Crippen LogP contribution is -2.35. The Bertz CT molecular complexity index is 742. The van der Waals surface area contributed by atoms with Gasteiger partial charge in [0.25, 0.3) is 0 Å². The molecule has 1 aromatic rings. The summed E-state index contributed by atoms with van der Waals surface area (Å²) < 4.78 is 5.69. The Morgan fingerprint density at radius 2 is 2.08 bits per heavy atom. The second-order valence-corrected chi connectivity index (χ2v) is 7.53. The van der Waals surface area contributed by atoms with Crippen molar-refractivity contribution in [3.63, 3.8) is 0 Å². The summed E-state index contributed by atoms with van der Waals surface area (Å²) in [6, 6.07) is 4.38. The number of rotatable bonds is 1. The Hall–Kier alpha value is -2.29. The SMILES string of the molecule is CN1CC2(CCCN(c3nc4c(cc3C#N)CCCC4)CC2)OC1=O. The number of nitrogens with zero attached hydrogens (tertiary/aromatic N) is 4. The van der Waals surface area contributed by atoms with Crippen LogP contribution in [0, 0.1) is 11.3 Å². The van der Waals surface area contributed by atoms with Crippen molar-refractivity contribution in [1.82, 2.24) is 9.88 Å². The third kappa shape index (κ3) is 2.92. The van der Waals surface area contributed by atoms with Crippen LogP contribution in [0.2, 0.25) is 0 Å². The van der Waals surface area contributed by atoms with E-state index in [1.165, 1.54) is 18.4 Å². The number of nitriles is 1. The van der Waals surface area contributed by atoms with E-state index < -0.39 is 0 Å². The van der Waals surface area contributed by atoms with Gasteiger partial charge >= 0.3 is 6.09 Å². The summed E-state index contributed by atoms with van der Waals surface area (Å²) in [5, 5.41) is 9.60. The van der Waals surface area contributed by atoms with E-state index >= 15 is 0 Å². The first-order valence-corrected chi connectivity index (χ1v) is 9.22. The van der Waals surface area contributed by atoms with Crippen molar-refractivity contribution >= 4 is 11.9 Å². The lowest BCUT2D eigenvalue weighted by molar-refractivity contribution is 0.0473. The van der Waals surface area contributed by atoms with E-state index in [2.05, 4.69) is 11.0 Å². The molecule has 1 atom stereocenters. The molecule has 1 aliphatic carbocycles. The Balaban J connectivity index is 1.59. The van der Waals surface area contributed by atoms with Crippen LogP contribution in [-0.4, -0.2) is 48.3 Å². The van der Waals surface area contributed by atoms with Crippen molar-refractivity contribution in [2.75, 3.05) is 31.6 Å². The number of aromatic nitrogens is 1. The Labute approximate surface area is 148 Å². The van der Waals surface area contributed by atoms with Crippen LogP contribution in [0.25, 0.3) is 0 Å². The van der Waals surface area contributed by atoms with Gasteiger partial charge in [0, 0.05) is 32.3 Å². The molecule has 132 valence electrons. The minimum atomic E-state index is -0.373. The summed E-state index contributed by atoms with van der Waals surface area (Å²) in [4.78, 5) is 20.6. The summed E-state index contributed by atoms with van der Waals surface area (Å²) in [5.41, 5.74) is 2.70. The third-order valence-corrected chi connectivity index (χ3v) is 5.74. The highest BCUT2D eigenvalue weighted by Gasteiger charge is 2.44. The highest BCUT2D eigenvalue weighted by molar-refractivity contribution is 5.70. The number of fused-ring (bicyclic) bond motifs is 1. The predicted octanol–water partition coefficient (Wildman–Crippen LogP) is 2.64. The summed E-state index contributed by atoms with van der Waals surface area (Å²) in [7, 11) is 1.79. The topological polar surface area (TPSA) is 69.5 Å². The molecule has 0 saturated carbocycles. The molecule has 1 unspecified atom stereocenters. The van der Waals surface area contributed by atoms with E-state index in [-0.39, 0.29) is 11.7 Å². The van der Waals surface area contributed by atoms with E-state index in [9.17, 15) is 10.1 Å². The largest absolute Gasteiger partial charge is 0.441 e. The third-order valence-electron chi connectivity index (χ3n) is 5.74. The molecule has 2 fully saturated rings. The maximum absolute atomic E-state index is 11.8. The number of likely N-dealkylation sites (N-methyl/N-ethyl adjacent to an activating group) is 1. The minimum absolute atomic E-state index is 0.224. The first-order chi connectivity index (χ1) is 12.1. The first-order valence-electron chi connectivity index (χ1n) is 9.22. The summed E-state index contributed by atoms with van der Waals surface area (Å²) in [5.74, 6) is 0.817. The van der Waals surface area contributed by atoms with Crippen LogP contribution in [0.4, 0.5) is 10.6 Å². The van der Waals surface area contributed by atoms with Gasteiger partial charge in [0.15, 0.2) is 0 Å². The van der Waals surface area contributed by atoms with Crippen LogP contribution in [0.3, 0.4) is 0 Å². The Morgan fingerprint density at radius 1 is 1.24 bits per heavy atom. The second kappa shape index (κ2) is 6.21. The van der Waals surface area contributed by atoms with E-state index in [4.69, 9.17) is 9.72 Å². The number of anilines is 1. The number of hydrogen-bond acceptors (Lipinski definition) is 5. The zero-order valence-electron chi connectivity index (χ0n) is 14.8. The molecular weight excluding hydrogens is 316 g/mol. The molecule has 6 heteroatoms. The molecule has 25 heavy (non-hydrogen) atoms. The van der Waals surface area contributed by atoms with Gasteiger partial charge in [-0.15, -0.1) is 0 Å². The van der Waals surface area contributed by atoms with Crippen molar-refractivity contribution in [2.45, 2.75) is 50.5 Å². The van der Waals surface area contributed by atoms with Crippen LogP contribution < -0.4 is 4.90 Å². The van der Waals surface area contributed by atoms with Crippen molar-refractivity contribution < 1.29 is 9.53 Å². The average Bonchev–Trinajstić information content (AvgIpc) is 2.78. The normalized spacial score (nSPS) is 26.2. The van der Waals surface area contributed by atoms with Crippen LogP contribution in [-0.2, 0) is 17.6 Å². The van der Waals surface area contributed by atoms with Crippen LogP contribution in [0.15, 0.2) is 6.07 Å². The monoisotopic (exact) mass is 340 g/mol. The lowest BCUT2D eigenvalue weighted by Gasteiger charge is -2.27. The smallest absolute Gasteiger partial charge is 0.410 e. The fourth-order valence-corrected chi connectivity index (χ4v) is 4.38. The zero-order valence-corrected chi connectivity index (χ0v) is 14.8. The number of ether oxygens (including phenoxy) is 1. The van der Waals surface area contributed by atoms with Gasteiger partial charge in [-0.05, 0) is 50.2 Å². The molecule has 1 amide bonds. The van der Waals surface area contributed by atoms with E-state index in [1.54, 1.807) is 11.9 Å². The van der Waals surface area contributed by atoms with Crippen LogP contribution in [0.5, 0.6) is 0 Å². The Kier molecular flexibility index (Phi) is 4.03. The van der Waals surface area contributed by atoms with Gasteiger partial charge in [0.1, 0.15) is 17.5 Å². The fraction of sp³-hybridized carbons (Fsp3) is 0.632. The number of carbonyl (C=O) groups excluding carboxylic acids is 1. The van der Waals surface area contributed by atoms with E-state index in [1.807, 2.05) is 6.07 Å². The fourth-order valence-electron chi connectivity index (χ4n) is 4.38. The molecule has 0 bridgehead atoms. The molecule has 6 nitrogen and oxygen atoms in total. The van der Waals surface area contributed by atoms with Crippen molar-refractivity contribution in [2.24, 2.45) is 0 Å². The van der Waals surface area contributed by atoms with Gasteiger partial charge in [0.05, 0.1) is 12.1 Å². The highest BCUT2D eigenvalue weighted by Crippen LogP contribution is 2.35. The molecule has 2 aliphatic heterocycles. The second-order valence-electron chi connectivity index (χ2n) is 7.53. The molecule has 3 heterocycles. The van der Waals surface area contributed by atoms with Gasteiger partial charge in [0.2, 0.25) is 0 Å². The molecule has 0 radical (unpaired) electrons. The molecule has 0 aromatic carbocycles. The molecule has 0 N–H and O–H groups in total. The predicted molar refractivity (Wildman–Crippen MR) is 93.5 cm³/mol. The van der Waals surface area contributed by atoms with Gasteiger partial charge in [-0.25, -0.2) is 9.78 Å². The number of hydrogen-bond donors (Lipinski definition) is 0. The Morgan fingerprint density at radius 3 is 2.84 bits per heavy atom. The number of amides is 1. The molecule has 4 rings (SSSR count). The molecule has 1 aromatic heterocycles. The van der Waals surface area contributed by atoms with Gasteiger partial charge in [-0.1, -0.05) is 0 Å². The molecular formula is C19H24N4O2. The zero-order chi connectivity index (χ0) is 17.4. The van der Waals surface area contributed by atoms with Gasteiger partial charge < -0.3 is 14.5 Å². The number of aryl methyl sites for hydroxylation is 2. The summed E-state index contributed by atoms with van der Waals surface area (Å²) in [6.45, 7) is 2.27. The maximum atomic E-state index is 11.8. The summed E-state index contributed by atoms with van der Waals surface area (Å²) >= 11 is 0. The first kappa shape index (κ1) is 16.2. The summed E-state index contributed by atoms with van der Waals surface area (Å²) in [6.07, 6.45) is 6.76. The minimum Gasteiger partial charge on any atom is -0.441 e. The standard InChI is InChI=1S/C19H24N4O2/c1-22-13-19(25-18(22)24)7-4-9-23(10-8-19)17-15(12-20)11-14-5-2-3-6-16(14)21-17/h11H,2-10,13H2,1H3. The maximum Gasteiger partial charge on any atom is 0.410 e. The molecule has 3 aliphatic rings. The average molecular weight is 340 g/mol.